The van der Waals surface area contributed by atoms with Crippen molar-refractivity contribution in [3.05, 3.63) is 35.1 Å². The van der Waals surface area contributed by atoms with Crippen LogP contribution in [0.25, 0.3) is 0 Å². The van der Waals surface area contributed by atoms with Gasteiger partial charge in [-0.25, -0.2) is 4.39 Å². The summed E-state index contributed by atoms with van der Waals surface area (Å²) in [5.41, 5.74) is -1.10. The van der Waals surface area contributed by atoms with Gasteiger partial charge in [0.1, 0.15) is 5.82 Å². The van der Waals surface area contributed by atoms with Crippen LogP contribution in [0.1, 0.15) is 37.0 Å². The highest BCUT2D eigenvalue weighted by Crippen LogP contribution is 2.32. The monoisotopic (exact) mass is 236 g/mol. The number of alkyl halides is 3. The minimum atomic E-state index is -4.59. The molecule has 0 saturated carbocycles. The summed E-state index contributed by atoms with van der Waals surface area (Å²) in [4.78, 5) is 0. The Labute approximate surface area is 90.7 Å². The third-order valence-corrected chi connectivity index (χ3v) is 2.19. The van der Waals surface area contributed by atoms with Crippen molar-refractivity contribution in [2.75, 3.05) is 0 Å². The summed E-state index contributed by atoms with van der Waals surface area (Å²) in [6.45, 7) is 1.78. The van der Waals surface area contributed by atoms with E-state index in [1.54, 1.807) is 6.92 Å². The van der Waals surface area contributed by atoms with Gasteiger partial charge in [0.2, 0.25) is 0 Å². The summed E-state index contributed by atoms with van der Waals surface area (Å²) < 4.78 is 50.0. The molecule has 0 aliphatic carbocycles. The van der Waals surface area contributed by atoms with Crippen molar-refractivity contribution in [3.8, 4) is 0 Å². The first-order valence-corrected chi connectivity index (χ1v) is 4.90. The number of aliphatic hydroxyl groups excluding tert-OH is 1. The van der Waals surface area contributed by atoms with Crippen LogP contribution in [0.15, 0.2) is 18.2 Å². The number of hydrogen-bond donors (Lipinski definition) is 1. The molecule has 0 aromatic heterocycles. The highest BCUT2D eigenvalue weighted by molar-refractivity contribution is 5.28. The average Bonchev–Trinajstić information content (AvgIpc) is 2.16. The normalized spacial score (nSPS) is 13.9. The van der Waals surface area contributed by atoms with Crippen molar-refractivity contribution in [3.63, 3.8) is 0 Å². The highest BCUT2D eigenvalue weighted by Gasteiger charge is 2.31. The molecule has 0 fully saturated rings. The molecule has 0 radical (unpaired) electrons. The molecular formula is C11H12F4O. The summed E-state index contributed by atoms with van der Waals surface area (Å²) in [5.74, 6) is -0.986. The zero-order valence-corrected chi connectivity index (χ0v) is 8.68. The molecule has 1 atom stereocenters. The van der Waals surface area contributed by atoms with Crippen LogP contribution in [0.2, 0.25) is 0 Å². The third-order valence-electron chi connectivity index (χ3n) is 2.19. The van der Waals surface area contributed by atoms with Gasteiger partial charge in [0.25, 0.3) is 0 Å². The molecule has 1 aromatic rings. The van der Waals surface area contributed by atoms with Crippen LogP contribution < -0.4 is 0 Å². The molecule has 0 bridgehead atoms. The lowest BCUT2D eigenvalue weighted by molar-refractivity contribution is -0.137. The smallest absolute Gasteiger partial charge is 0.388 e. The summed E-state index contributed by atoms with van der Waals surface area (Å²) in [7, 11) is 0. The summed E-state index contributed by atoms with van der Waals surface area (Å²) in [6, 6.07) is 2.13. The van der Waals surface area contributed by atoms with E-state index in [2.05, 4.69) is 0 Å². The van der Waals surface area contributed by atoms with E-state index in [-0.39, 0.29) is 5.56 Å². The van der Waals surface area contributed by atoms with Crippen LogP contribution in [-0.2, 0) is 6.18 Å². The van der Waals surface area contributed by atoms with Crippen LogP contribution in [0, 0.1) is 5.82 Å². The minimum Gasteiger partial charge on any atom is -0.388 e. The Bertz CT molecular complexity index is 359. The molecule has 5 heteroatoms. The molecule has 1 aromatic carbocycles. The third kappa shape index (κ3) is 3.20. The quantitative estimate of drug-likeness (QED) is 0.794. The molecule has 0 spiro atoms. The van der Waals surface area contributed by atoms with Gasteiger partial charge in [0.15, 0.2) is 0 Å². The lowest BCUT2D eigenvalue weighted by Gasteiger charge is -2.13. The van der Waals surface area contributed by atoms with Gasteiger partial charge >= 0.3 is 6.18 Å². The van der Waals surface area contributed by atoms with Crippen LogP contribution in [-0.4, -0.2) is 5.11 Å². The fourth-order valence-corrected chi connectivity index (χ4v) is 1.41. The first-order chi connectivity index (χ1) is 7.34. The fourth-order valence-electron chi connectivity index (χ4n) is 1.41. The van der Waals surface area contributed by atoms with Gasteiger partial charge in [-0.2, -0.15) is 13.2 Å². The minimum absolute atomic E-state index is 0.0332. The fraction of sp³-hybridized carbons (Fsp3) is 0.455. The number of hydrogen-bond acceptors (Lipinski definition) is 1. The van der Waals surface area contributed by atoms with Gasteiger partial charge < -0.3 is 5.11 Å². The standard InChI is InChI=1S/C11H12F4O/c1-2-3-10(16)7-4-8(11(13,14)15)6-9(12)5-7/h4-6,10,16H,2-3H2,1H3. The van der Waals surface area contributed by atoms with Gasteiger partial charge in [-0.05, 0) is 30.2 Å². The molecule has 0 aliphatic rings. The summed E-state index contributed by atoms with van der Waals surface area (Å²) >= 11 is 0. The Kier molecular flexibility index (Phi) is 3.91. The molecule has 1 nitrogen and oxygen atoms in total. The second kappa shape index (κ2) is 4.82. The predicted molar refractivity (Wildman–Crippen MR) is 51.3 cm³/mol. The molecule has 90 valence electrons. The van der Waals surface area contributed by atoms with E-state index < -0.39 is 23.7 Å². The largest absolute Gasteiger partial charge is 0.416 e. The van der Waals surface area contributed by atoms with Crippen molar-refractivity contribution < 1.29 is 22.7 Å². The van der Waals surface area contributed by atoms with Crippen molar-refractivity contribution in [1.82, 2.24) is 0 Å². The van der Waals surface area contributed by atoms with Crippen LogP contribution in [0.5, 0.6) is 0 Å². The van der Waals surface area contributed by atoms with Gasteiger partial charge in [0.05, 0.1) is 11.7 Å². The molecule has 0 saturated heterocycles. The maximum absolute atomic E-state index is 12.9. The predicted octanol–water partition coefficient (Wildman–Crippen LogP) is 3.68. The lowest BCUT2D eigenvalue weighted by atomic mass is 10.0. The number of halogens is 4. The van der Waals surface area contributed by atoms with E-state index in [0.29, 0.717) is 18.9 Å². The van der Waals surface area contributed by atoms with E-state index in [1.165, 1.54) is 0 Å². The Hall–Kier alpha value is -1.10. The highest BCUT2D eigenvalue weighted by atomic mass is 19.4. The van der Waals surface area contributed by atoms with Crippen LogP contribution in [0.4, 0.5) is 17.6 Å². The molecule has 16 heavy (non-hydrogen) atoms. The maximum atomic E-state index is 12.9. The number of rotatable bonds is 3. The molecular weight excluding hydrogens is 224 g/mol. The van der Waals surface area contributed by atoms with E-state index in [9.17, 15) is 22.7 Å². The molecule has 1 unspecified atom stereocenters. The van der Waals surface area contributed by atoms with Crippen molar-refractivity contribution in [2.45, 2.75) is 32.0 Å². The Morgan fingerprint density at radius 3 is 2.38 bits per heavy atom. The summed E-state index contributed by atoms with van der Waals surface area (Å²) in [6.07, 6.45) is -4.73. The van der Waals surface area contributed by atoms with Crippen LogP contribution in [0.3, 0.4) is 0 Å². The SMILES string of the molecule is CCCC(O)c1cc(F)cc(C(F)(F)F)c1. The van der Waals surface area contributed by atoms with E-state index in [0.717, 1.165) is 12.1 Å². The van der Waals surface area contributed by atoms with Gasteiger partial charge in [-0.1, -0.05) is 13.3 Å². The molecule has 1 rings (SSSR count). The molecule has 0 heterocycles. The van der Waals surface area contributed by atoms with Crippen molar-refractivity contribution >= 4 is 0 Å². The van der Waals surface area contributed by atoms with Crippen molar-refractivity contribution in [1.29, 1.82) is 0 Å². The van der Waals surface area contributed by atoms with Gasteiger partial charge in [-0.15, -0.1) is 0 Å². The average molecular weight is 236 g/mol. The number of aliphatic hydroxyl groups is 1. The maximum Gasteiger partial charge on any atom is 0.416 e. The van der Waals surface area contributed by atoms with E-state index in [4.69, 9.17) is 0 Å². The molecule has 1 N–H and O–H groups in total. The lowest BCUT2D eigenvalue weighted by Crippen LogP contribution is -2.08. The molecule has 0 amide bonds. The van der Waals surface area contributed by atoms with E-state index >= 15 is 0 Å². The van der Waals surface area contributed by atoms with Gasteiger partial charge in [-0.3, -0.25) is 0 Å². The Balaban J connectivity index is 3.08. The Morgan fingerprint density at radius 1 is 1.25 bits per heavy atom. The first-order valence-electron chi connectivity index (χ1n) is 4.90. The van der Waals surface area contributed by atoms with Gasteiger partial charge in [0, 0.05) is 0 Å². The topological polar surface area (TPSA) is 20.2 Å². The Morgan fingerprint density at radius 2 is 1.88 bits per heavy atom. The second-order valence-corrected chi connectivity index (χ2v) is 3.58. The second-order valence-electron chi connectivity index (χ2n) is 3.58. The summed E-state index contributed by atoms with van der Waals surface area (Å²) in [5, 5.41) is 9.50. The first kappa shape index (κ1) is 13.0. The zero-order chi connectivity index (χ0) is 12.3. The number of benzene rings is 1. The molecule has 0 aliphatic heterocycles. The van der Waals surface area contributed by atoms with Crippen molar-refractivity contribution in [2.24, 2.45) is 0 Å². The van der Waals surface area contributed by atoms with E-state index in [1.807, 2.05) is 0 Å². The van der Waals surface area contributed by atoms with Crippen LogP contribution >= 0.6 is 0 Å². The zero-order valence-electron chi connectivity index (χ0n) is 8.68.